The number of ether oxygens (including phenoxy) is 1. The number of fused-ring (bicyclic) bond motifs is 1. The molecule has 0 spiro atoms. The average Bonchev–Trinajstić information content (AvgIpc) is 3.58. The number of nitrogens with two attached hydrogens (primary N) is 3. The zero-order valence-electron chi connectivity index (χ0n) is 39.2. The molecule has 10 heteroatoms. The maximum atomic E-state index is 10.3. The number of benzene rings is 4. The van der Waals surface area contributed by atoms with E-state index in [1.807, 2.05) is 56.3 Å². The number of carbonyl (C=O) groups is 1. The highest BCUT2D eigenvalue weighted by Crippen LogP contribution is 2.39. The third-order valence-electron chi connectivity index (χ3n) is 9.85. The smallest absolute Gasteiger partial charge is 0.238 e. The Bertz CT molecular complexity index is 2430. The van der Waals surface area contributed by atoms with Crippen LogP contribution in [0, 0.1) is 47.3 Å². The fraction of sp³-hybridized carbons (Fsp3) is 0.385. The number of nitrogen functional groups attached to an aromatic ring is 3. The van der Waals surface area contributed by atoms with Crippen molar-refractivity contribution >= 4 is 46.1 Å². The van der Waals surface area contributed by atoms with Gasteiger partial charge in [-0.05, 0) is 137 Å². The van der Waals surface area contributed by atoms with Gasteiger partial charge in [0.2, 0.25) is 5.89 Å². The molecule has 0 fully saturated rings. The molecule has 62 heavy (non-hydrogen) atoms. The number of oxazole rings is 1. The quantitative estimate of drug-likeness (QED) is 0.0364. The van der Waals surface area contributed by atoms with Gasteiger partial charge in [0.1, 0.15) is 35.0 Å². The zero-order chi connectivity index (χ0) is 47.2. The first kappa shape index (κ1) is 51.6. The summed E-state index contributed by atoms with van der Waals surface area (Å²) in [6.45, 7) is 29.6. The monoisotopic (exact) mass is 841 g/mol. The Kier molecular flexibility index (Phi) is 18.2. The van der Waals surface area contributed by atoms with Gasteiger partial charge in [-0.1, -0.05) is 94.0 Å². The first-order valence-electron chi connectivity index (χ1n) is 20.5. The topological polar surface area (TPSA) is 198 Å². The van der Waals surface area contributed by atoms with Crippen LogP contribution in [-0.2, 0) is 15.6 Å². The normalized spacial score (nSPS) is 11.6. The van der Waals surface area contributed by atoms with Crippen molar-refractivity contribution in [2.75, 3.05) is 24.3 Å². The van der Waals surface area contributed by atoms with Gasteiger partial charge in [-0.2, -0.15) is 10.5 Å². The van der Waals surface area contributed by atoms with Gasteiger partial charge >= 0.3 is 0 Å². The summed E-state index contributed by atoms with van der Waals surface area (Å²) in [6, 6.07) is 26.6. The highest BCUT2D eigenvalue weighted by Gasteiger charge is 2.29. The van der Waals surface area contributed by atoms with Gasteiger partial charge in [0.15, 0.2) is 5.58 Å². The summed E-state index contributed by atoms with van der Waals surface area (Å²) < 4.78 is 10.5. The van der Waals surface area contributed by atoms with Crippen LogP contribution in [0.4, 0.5) is 17.1 Å². The summed E-state index contributed by atoms with van der Waals surface area (Å²) in [5.41, 5.74) is 27.3. The molecule has 4 aromatic carbocycles. The summed E-state index contributed by atoms with van der Waals surface area (Å²) >= 11 is 0. The number of rotatable bonds is 9. The highest BCUT2D eigenvalue weighted by molar-refractivity contribution is 5.89. The van der Waals surface area contributed by atoms with Crippen molar-refractivity contribution in [1.29, 1.82) is 10.5 Å². The largest absolute Gasteiger partial charge is 0.506 e. The van der Waals surface area contributed by atoms with Crippen molar-refractivity contribution in [3.8, 4) is 17.9 Å². The molecule has 0 atom stereocenters. The van der Waals surface area contributed by atoms with Gasteiger partial charge in [-0.15, -0.1) is 0 Å². The molecule has 1 aromatic heterocycles. The molecule has 0 unspecified atom stereocenters. The van der Waals surface area contributed by atoms with E-state index in [9.17, 15) is 15.2 Å². The standard InChI is InChI=1S/C25H29N3O.C14H23NO.C8H9NO.C5H7NO/c1-16-11-20(27)9-7-17(16)12-18(14-26)23-28-21-13-19(8-10-22(21)29-23)25(5,6)15-24(2,3)4;1-13(2,3)9-14(4,5)10-6-7-12(16)11(15)8-10;1-6-4-8(9)3-2-7(6)5-10;1-5(7-2)3-4-6/h7-13H,15,27H2,1-6H3;6-8,16H,9,15H2,1-5H3;2-5H,9H2,1H3;1,3H2,2H3/b18-12+;;;. The predicted octanol–water partition coefficient (Wildman–Crippen LogP) is 12.6. The number of carbonyl (C=O) groups excluding carboxylic acids is 1. The van der Waals surface area contributed by atoms with Crippen molar-refractivity contribution in [3.63, 3.8) is 0 Å². The van der Waals surface area contributed by atoms with Crippen LogP contribution in [0.15, 0.2) is 89.6 Å². The van der Waals surface area contributed by atoms with Crippen LogP contribution < -0.4 is 17.2 Å². The minimum Gasteiger partial charge on any atom is -0.506 e. The van der Waals surface area contributed by atoms with Crippen molar-refractivity contribution in [2.24, 2.45) is 10.8 Å². The molecule has 0 aliphatic heterocycles. The summed E-state index contributed by atoms with van der Waals surface area (Å²) in [6.07, 6.45) is 5.04. The second-order valence-corrected chi connectivity index (χ2v) is 19.3. The van der Waals surface area contributed by atoms with Crippen LogP contribution in [0.2, 0.25) is 0 Å². The van der Waals surface area contributed by atoms with E-state index in [1.54, 1.807) is 30.3 Å². The van der Waals surface area contributed by atoms with Crippen molar-refractivity contribution in [1.82, 2.24) is 4.98 Å². The maximum Gasteiger partial charge on any atom is 0.238 e. The minimum absolute atomic E-state index is 0.0144. The Balaban J connectivity index is 0.000000334. The molecule has 0 aliphatic rings. The Morgan fingerprint density at radius 1 is 0.774 bits per heavy atom. The Morgan fingerprint density at radius 2 is 1.27 bits per heavy atom. The van der Waals surface area contributed by atoms with E-state index in [0.717, 1.165) is 41.3 Å². The molecular formula is C52H68N6O4. The molecule has 0 radical (unpaired) electrons. The lowest BCUT2D eigenvalue weighted by atomic mass is 9.72. The van der Waals surface area contributed by atoms with Crippen molar-refractivity contribution in [2.45, 2.75) is 113 Å². The molecule has 0 bridgehead atoms. The van der Waals surface area contributed by atoms with E-state index in [4.69, 9.17) is 26.9 Å². The zero-order valence-corrected chi connectivity index (χ0v) is 39.2. The fourth-order valence-corrected chi connectivity index (χ4v) is 7.44. The van der Waals surface area contributed by atoms with E-state index >= 15 is 0 Å². The summed E-state index contributed by atoms with van der Waals surface area (Å²) in [4.78, 5) is 14.9. The number of nitriles is 2. The Hall–Kier alpha value is -6.52. The lowest BCUT2D eigenvalue weighted by Gasteiger charge is -2.33. The van der Waals surface area contributed by atoms with Gasteiger partial charge in [-0.3, -0.25) is 4.79 Å². The van der Waals surface area contributed by atoms with Crippen LogP contribution in [0.3, 0.4) is 0 Å². The molecule has 7 N–H and O–H groups in total. The fourth-order valence-electron chi connectivity index (χ4n) is 7.44. The predicted molar refractivity (Wildman–Crippen MR) is 257 cm³/mol. The van der Waals surface area contributed by atoms with E-state index in [-0.39, 0.29) is 33.8 Å². The molecule has 5 aromatic rings. The van der Waals surface area contributed by atoms with E-state index in [0.29, 0.717) is 45.4 Å². The Morgan fingerprint density at radius 3 is 1.69 bits per heavy atom. The van der Waals surface area contributed by atoms with Crippen molar-refractivity contribution in [3.05, 3.63) is 124 Å². The number of allylic oxidation sites excluding steroid dienone is 2. The molecule has 330 valence electrons. The Labute approximate surface area is 370 Å². The number of aromatic hydroxyl groups is 1. The van der Waals surface area contributed by atoms with E-state index in [1.165, 1.54) is 18.2 Å². The summed E-state index contributed by atoms with van der Waals surface area (Å²) in [7, 11) is 1.50. The first-order chi connectivity index (χ1) is 28.6. The van der Waals surface area contributed by atoms with Gasteiger partial charge in [-0.25, -0.2) is 4.98 Å². The van der Waals surface area contributed by atoms with Gasteiger partial charge in [0.05, 0.1) is 25.3 Å². The van der Waals surface area contributed by atoms with Crippen LogP contribution in [0.1, 0.15) is 133 Å². The third-order valence-corrected chi connectivity index (χ3v) is 9.85. The van der Waals surface area contributed by atoms with Crippen molar-refractivity contribution < 1.29 is 19.1 Å². The number of hydrogen-bond donors (Lipinski definition) is 4. The number of phenolic OH excluding ortho intramolecular Hbond substituents is 1. The summed E-state index contributed by atoms with van der Waals surface area (Å²) in [5, 5.41) is 27.1. The number of methoxy groups -OCH3 is 1. The van der Waals surface area contributed by atoms with E-state index < -0.39 is 0 Å². The van der Waals surface area contributed by atoms with E-state index in [2.05, 4.69) is 104 Å². The molecule has 10 nitrogen and oxygen atoms in total. The average molecular weight is 841 g/mol. The highest BCUT2D eigenvalue weighted by atomic mass is 16.5. The van der Waals surface area contributed by atoms with Gasteiger partial charge in [0.25, 0.3) is 0 Å². The number of nitrogens with zero attached hydrogens (tertiary/aromatic N) is 3. The number of hydrogen-bond acceptors (Lipinski definition) is 10. The second kappa shape index (κ2) is 21.8. The lowest BCUT2D eigenvalue weighted by Crippen LogP contribution is -2.24. The molecule has 0 amide bonds. The molecule has 0 saturated carbocycles. The molecule has 5 rings (SSSR count). The SMILES string of the molecule is C=C(CC#N)OC.CC(C)(C)CC(C)(C)c1ccc(O)c(N)c1.Cc1cc(N)ccc1/C=C(\C#N)c1nc2cc(C(C)(C)CC(C)(C)C)ccc2o1.Cc1cc(N)ccc1C=O. The molecular weight excluding hydrogens is 773 g/mol. The number of anilines is 3. The van der Waals surface area contributed by atoms with Gasteiger partial charge in [0, 0.05) is 16.9 Å². The number of aryl methyl sites for hydroxylation is 2. The van der Waals surface area contributed by atoms with Crippen LogP contribution in [0.25, 0.3) is 22.7 Å². The number of phenols is 1. The number of aromatic nitrogens is 1. The lowest BCUT2D eigenvalue weighted by molar-refractivity contribution is 0.112. The second-order valence-electron chi connectivity index (χ2n) is 19.3. The van der Waals surface area contributed by atoms with Crippen LogP contribution >= 0.6 is 0 Å². The first-order valence-corrected chi connectivity index (χ1v) is 20.5. The van der Waals surface area contributed by atoms with Crippen LogP contribution in [-0.4, -0.2) is 23.5 Å². The molecule has 0 aliphatic carbocycles. The third kappa shape index (κ3) is 16.5. The van der Waals surface area contributed by atoms with Crippen LogP contribution in [0.5, 0.6) is 5.75 Å². The minimum atomic E-state index is 0.0144. The maximum absolute atomic E-state index is 10.3. The molecule has 0 saturated heterocycles. The summed E-state index contributed by atoms with van der Waals surface area (Å²) in [5.74, 6) is 1.02. The number of aldehydes is 1. The molecule has 1 heterocycles. The van der Waals surface area contributed by atoms with Gasteiger partial charge < -0.3 is 31.5 Å².